The number of nitrogens with zero attached hydrogens (tertiary/aromatic N) is 8. The van der Waals surface area contributed by atoms with Gasteiger partial charge in [-0.15, -0.1) is 34.3 Å². The van der Waals surface area contributed by atoms with Crippen molar-refractivity contribution in [3.63, 3.8) is 0 Å². The van der Waals surface area contributed by atoms with Gasteiger partial charge in [-0.05, 0) is 60.7 Å². The van der Waals surface area contributed by atoms with Gasteiger partial charge in [-0.3, -0.25) is 33.9 Å². The maximum Gasteiger partial charge on any atom is 0.519 e. The molecule has 0 atom stereocenters. The van der Waals surface area contributed by atoms with Crippen molar-refractivity contribution in [1.29, 1.82) is 0 Å². The molecular weight excluding hydrogens is 1070 g/mol. The van der Waals surface area contributed by atoms with Crippen LogP contribution in [0.5, 0.6) is 23.0 Å². The molecule has 0 saturated carbocycles. The van der Waals surface area contributed by atoms with E-state index in [0.29, 0.717) is 22.9 Å². The molecule has 0 unspecified atom stereocenters. The van der Waals surface area contributed by atoms with Crippen molar-refractivity contribution < 1.29 is 91.9 Å². The maximum atomic E-state index is 13.6. The van der Waals surface area contributed by atoms with E-state index in [9.17, 15) is 68.7 Å². The fraction of sp³-hybridized carbons (Fsp3) is 0. The fourth-order valence-electron chi connectivity index (χ4n) is 7.05. The van der Waals surface area contributed by atoms with E-state index < -0.39 is 90.1 Å². The summed E-state index contributed by atoms with van der Waals surface area (Å²) in [7, 11) is -15.3. The molecule has 378 valence electrons. The summed E-state index contributed by atoms with van der Waals surface area (Å²) in [6.45, 7) is 0. The number of hydrogen-bond donors (Lipinski definition) is 4. The van der Waals surface area contributed by atoms with Gasteiger partial charge in [0.25, 0.3) is 41.7 Å². The van der Waals surface area contributed by atoms with Crippen molar-refractivity contribution >= 4 is 110 Å². The van der Waals surface area contributed by atoms with Crippen LogP contribution in [0.1, 0.15) is 0 Å². The summed E-state index contributed by atoms with van der Waals surface area (Å²) in [6, 6.07) is 18.5. The van der Waals surface area contributed by atoms with Gasteiger partial charge < -0.3 is 18.9 Å². The second-order valence-corrected chi connectivity index (χ2v) is 19.7. The molecule has 0 fully saturated rings. The van der Waals surface area contributed by atoms with Crippen LogP contribution >= 0.6 is 12.0 Å². The molecular formula is C40H22N8O22S4. The third-order valence-corrected chi connectivity index (χ3v) is 13.4. The Kier molecular flexibility index (Phi) is 12.8. The number of rotatable bonds is 14. The Morgan fingerprint density at radius 3 is 1.38 bits per heavy atom. The minimum atomic E-state index is -5.19. The van der Waals surface area contributed by atoms with E-state index in [1.165, 1.54) is 18.2 Å². The first-order valence-corrected chi connectivity index (χ1v) is 24.7. The summed E-state index contributed by atoms with van der Waals surface area (Å²) in [6.07, 6.45) is -3.08. The largest absolute Gasteiger partial charge is 0.519 e. The van der Waals surface area contributed by atoms with E-state index in [1.807, 2.05) is 0 Å². The molecule has 9 rings (SSSR count). The highest BCUT2D eigenvalue weighted by Crippen LogP contribution is 2.39. The zero-order chi connectivity index (χ0) is 53.0. The van der Waals surface area contributed by atoms with Crippen molar-refractivity contribution in [1.82, 2.24) is 30.0 Å². The molecule has 74 heavy (non-hydrogen) atoms. The Hall–Kier alpha value is -8.84. The van der Waals surface area contributed by atoms with Gasteiger partial charge in [0.05, 0.1) is 31.7 Å². The van der Waals surface area contributed by atoms with Crippen LogP contribution in [-0.4, -0.2) is 96.3 Å². The minimum absolute atomic E-state index is 0.0239. The molecule has 2 aromatic heterocycles. The summed E-state index contributed by atoms with van der Waals surface area (Å²) in [5.41, 5.74) is -2.28. The van der Waals surface area contributed by atoms with Crippen LogP contribution in [0.3, 0.4) is 0 Å². The third kappa shape index (κ3) is 10.1. The van der Waals surface area contributed by atoms with Crippen LogP contribution in [-0.2, 0) is 39.7 Å². The number of carbonyl (C=O) groups is 2. The van der Waals surface area contributed by atoms with E-state index in [0.717, 1.165) is 89.7 Å². The van der Waals surface area contributed by atoms with Crippen molar-refractivity contribution in [2.45, 2.75) is 19.6 Å². The molecule has 4 N–H and O–H groups in total. The Balaban J connectivity index is 1.27. The van der Waals surface area contributed by atoms with E-state index in [4.69, 9.17) is 24.2 Å². The van der Waals surface area contributed by atoms with Gasteiger partial charge in [0.1, 0.15) is 49.8 Å². The van der Waals surface area contributed by atoms with Crippen molar-refractivity contribution in [3.05, 3.63) is 129 Å². The van der Waals surface area contributed by atoms with Gasteiger partial charge in [0.2, 0.25) is 0 Å². The number of hydrogen-bond acceptors (Lipinski definition) is 24. The lowest BCUT2D eigenvalue weighted by Gasteiger charge is -2.15. The number of benzene rings is 7. The highest BCUT2D eigenvalue weighted by atomic mass is 32.2. The zero-order valence-electron chi connectivity index (χ0n) is 35.7. The average Bonchev–Trinajstić information content (AvgIpc) is 3.98. The lowest BCUT2D eigenvalue weighted by Crippen LogP contribution is -2.18. The number of nitro groups is 2. The monoisotopic (exact) mass is 1090 g/mol. The smallest absolute Gasteiger partial charge is 0.395 e. The fourth-order valence-corrected chi connectivity index (χ4v) is 9.55. The lowest BCUT2D eigenvalue weighted by molar-refractivity contribution is -0.432. The van der Waals surface area contributed by atoms with Gasteiger partial charge in [-0.25, -0.2) is 14.8 Å². The van der Waals surface area contributed by atoms with Gasteiger partial charge >= 0.3 is 12.3 Å². The molecule has 30 nitrogen and oxygen atoms in total. The standard InChI is InChI=1S/C40H22N8O22S4/c49-39(65-21-5-1-19(2-6-21)47(51)52)67-33-18-32(46-42-30-12-10-26-28(38(30)44-46)14-24(73(59,60)61)16-36(26)74(62,63)64)34(68-40(50)66-22-7-3-20(4-8-22)48(53)54)17-31(33)45-41-29-11-9-25-27(37(29)43-45)13-23(72(56,57)58)15-35(25)71-70-69-55/h1-18,55H,(H,56,57,58)(H,59,60,61)(H,62,63,64). The van der Waals surface area contributed by atoms with E-state index in [2.05, 4.69) is 29.8 Å². The molecule has 0 saturated heterocycles. The van der Waals surface area contributed by atoms with E-state index in [1.54, 1.807) is 0 Å². The molecule has 0 aliphatic carbocycles. The van der Waals surface area contributed by atoms with E-state index >= 15 is 0 Å². The number of aromatic nitrogens is 6. The van der Waals surface area contributed by atoms with Gasteiger partial charge in [-0.1, -0.05) is 17.2 Å². The normalized spacial score (nSPS) is 12.1. The molecule has 9 aromatic rings. The molecule has 0 aliphatic rings. The van der Waals surface area contributed by atoms with Gasteiger partial charge in [-0.2, -0.15) is 25.3 Å². The second kappa shape index (κ2) is 19.0. The topological polar surface area (TPSA) is 421 Å². The quantitative estimate of drug-likeness (QED) is 0.0169. The molecule has 34 heteroatoms. The first-order chi connectivity index (χ1) is 34.9. The number of nitro benzene ring substituents is 2. The minimum Gasteiger partial charge on any atom is -0.395 e. The molecule has 0 amide bonds. The highest BCUT2D eigenvalue weighted by Gasteiger charge is 2.28. The molecule has 0 spiro atoms. The van der Waals surface area contributed by atoms with Crippen LogP contribution in [0.25, 0.3) is 55.0 Å². The maximum absolute atomic E-state index is 13.6. The van der Waals surface area contributed by atoms with Gasteiger partial charge in [0, 0.05) is 62.8 Å². The van der Waals surface area contributed by atoms with E-state index in [-0.39, 0.29) is 71.4 Å². The molecule has 0 aliphatic heterocycles. The van der Waals surface area contributed by atoms with Crippen LogP contribution in [0.15, 0.2) is 129 Å². The number of non-ortho nitro benzene ring substituents is 2. The second-order valence-electron chi connectivity index (χ2n) is 14.7. The first-order valence-electron chi connectivity index (χ1n) is 19.7. The molecule has 7 aromatic carbocycles. The Labute approximate surface area is 413 Å². The Morgan fingerprint density at radius 2 is 0.959 bits per heavy atom. The SMILES string of the molecule is O=C(Oc1ccc([N+](=O)[O-])cc1)Oc1cc(-n2nc3ccc4c(S(=O)(=O)O)cc(S(=O)(=O)O)cc4c3n2)c(OC(=O)Oc2ccc([N+](=O)[O-])cc2)cc1-n1nc2ccc3c(SOOO)cc(S(=O)(=O)O)cc3c2n1. The average molecular weight is 1090 g/mol. The number of ether oxygens (including phenoxy) is 4. The lowest BCUT2D eigenvalue weighted by atomic mass is 10.1. The van der Waals surface area contributed by atoms with Crippen LogP contribution in [0, 0.1) is 20.2 Å². The van der Waals surface area contributed by atoms with Crippen molar-refractivity contribution in [2.75, 3.05) is 0 Å². The van der Waals surface area contributed by atoms with Crippen LogP contribution in [0.4, 0.5) is 21.0 Å². The first kappa shape index (κ1) is 50.1. The summed E-state index contributed by atoms with van der Waals surface area (Å²) < 4.78 is 131. The predicted octanol–water partition coefficient (Wildman–Crippen LogP) is 6.60. The molecule has 2 heterocycles. The third-order valence-electron chi connectivity index (χ3n) is 10.2. The van der Waals surface area contributed by atoms with Crippen molar-refractivity contribution in [3.8, 4) is 34.4 Å². The summed E-state index contributed by atoms with van der Waals surface area (Å²) >= 11 is 0.331. The van der Waals surface area contributed by atoms with Crippen LogP contribution < -0.4 is 18.9 Å². The molecule has 0 bridgehead atoms. The van der Waals surface area contributed by atoms with Crippen molar-refractivity contribution in [2.24, 2.45) is 0 Å². The highest BCUT2D eigenvalue weighted by molar-refractivity contribution is 7.94. The number of carbonyl (C=O) groups excluding carboxylic acids is 2. The zero-order valence-corrected chi connectivity index (χ0v) is 39.0. The summed E-state index contributed by atoms with van der Waals surface area (Å²) in [5.74, 6) is -1.81. The Bertz CT molecular complexity index is 4210. The summed E-state index contributed by atoms with van der Waals surface area (Å²) in [5, 5.41) is 52.1. The predicted molar refractivity (Wildman–Crippen MR) is 246 cm³/mol. The summed E-state index contributed by atoms with van der Waals surface area (Å²) in [4.78, 5) is 47.1. The van der Waals surface area contributed by atoms with Crippen LogP contribution in [0.2, 0.25) is 0 Å². The Morgan fingerprint density at radius 1 is 0.527 bits per heavy atom. The number of fused-ring (bicyclic) bond motifs is 6. The molecule has 0 radical (unpaired) electrons. The van der Waals surface area contributed by atoms with Gasteiger partial charge in [0.15, 0.2) is 11.5 Å².